The third kappa shape index (κ3) is 27.2. The fraction of sp³-hybridized carbons (Fsp3) is 0.933. The molecule has 0 aliphatic carbocycles. The Morgan fingerprint density at radius 1 is 0.500 bits per heavy atom. The van der Waals surface area contributed by atoms with Gasteiger partial charge in [-0.25, -0.2) is 0 Å². The van der Waals surface area contributed by atoms with Gasteiger partial charge in [0.15, 0.2) is 0 Å². The maximum absolute atomic E-state index is 11.8. The van der Waals surface area contributed by atoms with Gasteiger partial charge in [0.05, 0.1) is 13.2 Å². The first-order valence-corrected chi connectivity index (χ1v) is 14.9. The summed E-state index contributed by atoms with van der Waals surface area (Å²) in [4.78, 5) is 23.4. The minimum absolute atomic E-state index is 0.0388. The molecule has 0 atom stereocenters. The van der Waals surface area contributed by atoms with Crippen molar-refractivity contribution >= 4 is 11.9 Å². The predicted octanol–water partition coefficient (Wildman–Crippen LogP) is 9.33. The van der Waals surface area contributed by atoms with E-state index in [1.165, 1.54) is 77.0 Å². The van der Waals surface area contributed by atoms with Crippen LogP contribution in [-0.2, 0) is 19.1 Å². The summed E-state index contributed by atoms with van der Waals surface area (Å²) in [7, 11) is 0. The molecular formula is C30H58O4. The van der Waals surface area contributed by atoms with Crippen LogP contribution >= 0.6 is 0 Å². The Morgan fingerprint density at radius 3 is 1.26 bits per heavy atom. The van der Waals surface area contributed by atoms with Gasteiger partial charge >= 0.3 is 11.9 Å². The van der Waals surface area contributed by atoms with Crippen LogP contribution in [0.2, 0.25) is 0 Å². The largest absolute Gasteiger partial charge is 0.466 e. The highest BCUT2D eigenvalue weighted by Crippen LogP contribution is 2.13. The van der Waals surface area contributed by atoms with Crippen molar-refractivity contribution in [2.24, 2.45) is 5.92 Å². The van der Waals surface area contributed by atoms with Crippen LogP contribution in [0, 0.1) is 5.92 Å². The summed E-state index contributed by atoms with van der Waals surface area (Å²) in [6, 6.07) is 0. The van der Waals surface area contributed by atoms with Gasteiger partial charge in [0.1, 0.15) is 0 Å². The van der Waals surface area contributed by atoms with Crippen molar-refractivity contribution in [2.75, 3.05) is 13.2 Å². The van der Waals surface area contributed by atoms with Crippen LogP contribution in [0.15, 0.2) is 0 Å². The summed E-state index contributed by atoms with van der Waals surface area (Å²) in [6.45, 7) is 7.67. The van der Waals surface area contributed by atoms with Gasteiger partial charge in [0.25, 0.3) is 0 Å². The molecule has 0 aromatic rings. The highest BCUT2D eigenvalue weighted by molar-refractivity contribution is 5.69. The summed E-state index contributed by atoms with van der Waals surface area (Å²) in [6.07, 6.45) is 25.5. The minimum Gasteiger partial charge on any atom is -0.466 e. The Morgan fingerprint density at radius 2 is 0.853 bits per heavy atom. The molecule has 0 fully saturated rings. The lowest BCUT2D eigenvalue weighted by Crippen LogP contribution is -2.07. The Balaban J connectivity index is 3.23. The van der Waals surface area contributed by atoms with Crippen LogP contribution < -0.4 is 0 Å². The molecule has 0 rings (SSSR count). The quantitative estimate of drug-likeness (QED) is 0.0910. The first-order valence-electron chi connectivity index (χ1n) is 14.9. The first kappa shape index (κ1) is 32.9. The molecule has 0 aliphatic rings. The second-order valence-corrected chi connectivity index (χ2v) is 10.5. The van der Waals surface area contributed by atoms with Crippen LogP contribution in [0.25, 0.3) is 0 Å². The first-order chi connectivity index (χ1) is 16.6. The third-order valence-electron chi connectivity index (χ3n) is 6.48. The molecule has 0 radical (unpaired) electrons. The number of hydrogen-bond acceptors (Lipinski definition) is 4. The van der Waals surface area contributed by atoms with E-state index in [2.05, 4.69) is 20.8 Å². The Labute approximate surface area is 212 Å². The molecule has 0 N–H and O–H groups in total. The van der Waals surface area contributed by atoms with Gasteiger partial charge in [0, 0.05) is 12.8 Å². The average molecular weight is 483 g/mol. The van der Waals surface area contributed by atoms with E-state index in [1.807, 2.05) is 0 Å². The molecule has 0 saturated heterocycles. The Hall–Kier alpha value is -1.06. The van der Waals surface area contributed by atoms with Gasteiger partial charge < -0.3 is 9.47 Å². The van der Waals surface area contributed by atoms with Crippen molar-refractivity contribution in [3.63, 3.8) is 0 Å². The van der Waals surface area contributed by atoms with E-state index < -0.39 is 0 Å². The van der Waals surface area contributed by atoms with Crippen molar-refractivity contribution in [3.8, 4) is 0 Å². The molecule has 0 unspecified atom stereocenters. The van der Waals surface area contributed by atoms with E-state index in [0.717, 1.165) is 51.4 Å². The monoisotopic (exact) mass is 482 g/mol. The molecule has 0 aromatic heterocycles. The number of carbonyl (C=O) groups excluding carboxylic acids is 2. The molecule has 202 valence electrons. The fourth-order valence-electron chi connectivity index (χ4n) is 4.10. The van der Waals surface area contributed by atoms with Crippen LogP contribution in [0.1, 0.15) is 162 Å². The van der Waals surface area contributed by atoms with Gasteiger partial charge in [-0.15, -0.1) is 0 Å². The minimum atomic E-state index is -0.0631. The molecule has 0 spiro atoms. The van der Waals surface area contributed by atoms with Crippen molar-refractivity contribution < 1.29 is 19.1 Å². The van der Waals surface area contributed by atoms with Crippen LogP contribution in [0.4, 0.5) is 0 Å². The molecule has 0 heterocycles. The second kappa shape index (κ2) is 26.5. The Bertz CT molecular complexity index is 447. The lowest BCUT2D eigenvalue weighted by Gasteiger charge is -2.07. The molecule has 0 saturated carbocycles. The molecule has 4 nitrogen and oxygen atoms in total. The number of carbonyl (C=O) groups is 2. The van der Waals surface area contributed by atoms with E-state index >= 15 is 0 Å². The van der Waals surface area contributed by atoms with E-state index in [0.29, 0.717) is 32.0 Å². The summed E-state index contributed by atoms with van der Waals surface area (Å²) in [5.41, 5.74) is 0. The van der Waals surface area contributed by atoms with Gasteiger partial charge in [-0.2, -0.15) is 0 Å². The highest BCUT2D eigenvalue weighted by Gasteiger charge is 2.05. The van der Waals surface area contributed by atoms with Crippen molar-refractivity contribution in [3.05, 3.63) is 0 Å². The maximum Gasteiger partial charge on any atom is 0.305 e. The second-order valence-electron chi connectivity index (χ2n) is 10.5. The van der Waals surface area contributed by atoms with E-state index in [4.69, 9.17) is 9.47 Å². The van der Waals surface area contributed by atoms with Crippen molar-refractivity contribution in [1.29, 1.82) is 0 Å². The maximum atomic E-state index is 11.8. The average Bonchev–Trinajstić information content (AvgIpc) is 2.80. The molecule has 0 bridgehead atoms. The van der Waals surface area contributed by atoms with Crippen molar-refractivity contribution in [1.82, 2.24) is 0 Å². The molecule has 4 heteroatoms. The summed E-state index contributed by atoms with van der Waals surface area (Å²) < 4.78 is 10.6. The smallest absolute Gasteiger partial charge is 0.305 e. The zero-order valence-corrected chi connectivity index (χ0v) is 23.2. The zero-order chi connectivity index (χ0) is 25.1. The predicted molar refractivity (Wildman–Crippen MR) is 144 cm³/mol. The van der Waals surface area contributed by atoms with Crippen LogP contribution in [0.5, 0.6) is 0 Å². The summed E-state index contributed by atoms with van der Waals surface area (Å²) >= 11 is 0. The van der Waals surface area contributed by atoms with Gasteiger partial charge in [0.2, 0.25) is 0 Å². The molecule has 0 aliphatic heterocycles. The summed E-state index contributed by atoms with van der Waals surface area (Å²) in [5.74, 6) is 0.472. The lowest BCUT2D eigenvalue weighted by atomic mass is 10.0. The SMILES string of the molecule is CCCCCCCCCCCCCCCOC(=O)CCCCCCCCC(=O)OCCC(C)C. The van der Waals surface area contributed by atoms with Gasteiger partial charge in [-0.05, 0) is 31.6 Å². The van der Waals surface area contributed by atoms with E-state index in [9.17, 15) is 9.59 Å². The van der Waals surface area contributed by atoms with E-state index in [1.54, 1.807) is 0 Å². The zero-order valence-electron chi connectivity index (χ0n) is 23.2. The molecular weight excluding hydrogens is 424 g/mol. The van der Waals surface area contributed by atoms with Gasteiger partial charge in [-0.1, -0.05) is 124 Å². The molecule has 0 amide bonds. The lowest BCUT2D eigenvalue weighted by molar-refractivity contribution is -0.145. The normalized spacial score (nSPS) is 11.2. The number of hydrogen-bond donors (Lipinski definition) is 0. The van der Waals surface area contributed by atoms with Crippen LogP contribution in [0.3, 0.4) is 0 Å². The topological polar surface area (TPSA) is 52.6 Å². The van der Waals surface area contributed by atoms with Gasteiger partial charge in [-0.3, -0.25) is 9.59 Å². The fourth-order valence-corrected chi connectivity index (χ4v) is 4.10. The third-order valence-corrected chi connectivity index (χ3v) is 6.48. The number of unbranched alkanes of at least 4 members (excludes halogenated alkanes) is 17. The highest BCUT2D eigenvalue weighted by atomic mass is 16.5. The molecule has 0 aromatic carbocycles. The van der Waals surface area contributed by atoms with E-state index in [-0.39, 0.29) is 11.9 Å². The number of ether oxygens (including phenoxy) is 2. The summed E-state index contributed by atoms with van der Waals surface area (Å²) in [5, 5.41) is 0. The van der Waals surface area contributed by atoms with Crippen molar-refractivity contribution in [2.45, 2.75) is 162 Å². The van der Waals surface area contributed by atoms with Crippen LogP contribution in [-0.4, -0.2) is 25.2 Å². The number of esters is 2. The Kier molecular flexibility index (Phi) is 25.7. The molecule has 34 heavy (non-hydrogen) atoms. The standard InChI is InChI=1S/C30H58O4/c1-4-5-6-7-8-9-10-11-12-13-16-19-22-26-33-29(31)23-20-17-14-15-18-21-24-30(32)34-27-25-28(2)3/h28H,4-27H2,1-3H3. The number of rotatable bonds is 26.